The van der Waals surface area contributed by atoms with Gasteiger partial charge in [-0.1, -0.05) is 6.08 Å². The normalized spacial score (nSPS) is 29.1. The number of hydrogen-bond acceptors (Lipinski definition) is 6. The average molecular weight is 463 g/mol. The monoisotopic (exact) mass is 462 g/mol. The zero-order chi connectivity index (χ0) is 23.9. The number of hydrogen-bond donors (Lipinski definition) is 1. The second kappa shape index (κ2) is 8.78. The van der Waals surface area contributed by atoms with Gasteiger partial charge in [-0.25, -0.2) is 9.59 Å². The van der Waals surface area contributed by atoms with Crippen LogP contribution in [0.25, 0.3) is 0 Å². The summed E-state index contributed by atoms with van der Waals surface area (Å²) in [7, 11) is 2.53. The molecule has 4 fully saturated rings. The van der Waals surface area contributed by atoms with E-state index in [1.807, 2.05) is 24.3 Å². The minimum Gasteiger partial charge on any atom is -0.465 e. The minimum absolute atomic E-state index is 0.0599. The van der Waals surface area contributed by atoms with Gasteiger partial charge in [0, 0.05) is 17.6 Å². The van der Waals surface area contributed by atoms with Gasteiger partial charge in [-0.2, -0.15) is 0 Å². The number of amides is 1. The van der Waals surface area contributed by atoms with Gasteiger partial charge >= 0.3 is 11.9 Å². The molecular weight excluding hydrogens is 432 g/mol. The fraction of sp³-hybridized carbons (Fsp3) is 0.444. The number of allylic oxidation sites excluding steroid dienone is 2. The summed E-state index contributed by atoms with van der Waals surface area (Å²) in [6.45, 7) is 0. The molecule has 0 unspecified atom stereocenters. The van der Waals surface area contributed by atoms with Crippen molar-refractivity contribution in [3.8, 4) is 0 Å². The predicted octanol–water partition coefficient (Wildman–Crippen LogP) is 4.33. The Morgan fingerprint density at radius 1 is 0.882 bits per heavy atom. The van der Waals surface area contributed by atoms with Gasteiger partial charge in [0.1, 0.15) is 5.70 Å². The molecule has 1 N–H and O–H groups in total. The first-order valence-corrected chi connectivity index (χ1v) is 11.9. The lowest BCUT2D eigenvalue weighted by Gasteiger charge is -2.55. The molecule has 4 aliphatic carbocycles. The van der Waals surface area contributed by atoms with Crippen molar-refractivity contribution in [2.45, 2.75) is 38.5 Å². The van der Waals surface area contributed by atoms with Gasteiger partial charge in [0.15, 0.2) is 0 Å². The summed E-state index contributed by atoms with van der Waals surface area (Å²) >= 11 is 0. The van der Waals surface area contributed by atoms with Crippen molar-refractivity contribution in [2.24, 2.45) is 23.2 Å². The van der Waals surface area contributed by atoms with Gasteiger partial charge < -0.3 is 19.7 Å². The largest absolute Gasteiger partial charge is 0.465 e. The molecule has 5 aliphatic rings. The third kappa shape index (κ3) is 3.93. The fourth-order valence-corrected chi connectivity index (χ4v) is 6.72. The molecular formula is C27H30N2O5. The third-order valence-electron chi connectivity index (χ3n) is 7.81. The third-order valence-corrected chi connectivity index (χ3v) is 7.81. The first kappa shape index (κ1) is 22.4. The molecule has 1 heterocycles. The first-order valence-electron chi connectivity index (χ1n) is 11.9. The molecule has 4 bridgehead atoms. The van der Waals surface area contributed by atoms with E-state index >= 15 is 0 Å². The van der Waals surface area contributed by atoms with Gasteiger partial charge in [-0.15, -0.1) is 0 Å². The summed E-state index contributed by atoms with van der Waals surface area (Å²) in [5, 5.41) is 3.16. The Morgan fingerprint density at radius 3 is 2.03 bits per heavy atom. The molecule has 0 aromatic heterocycles. The lowest BCUT2D eigenvalue weighted by Crippen LogP contribution is -2.51. The molecule has 1 amide bonds. The van der Waals surface area contributed by atoms with Gasteiger partial charge in [-0.3, -0.25) is 4.79 Å². The lowest BCUT2D eigenvalue weighted by atomic mass is 9.49. The van der Waals surface area contributed by atoms with Crippen LogP contribution in [0.1, 0.15) is 38.5 Å². The van der Waals surface area contributed by atoms with Gasteiger partial charge in [0.05, 0.1) is 25.2 Å². The van der Waals surface area contributed by atoms with Crippen LogP contribution in [-0.2, 0) is 23.9 Å². The Hall–Kier alpha value is -3.35. The number of methoxy groups -OCH3 is 2. The fourth-order valence-electron chi connectivity index (χ4n) is 6.72. The second-order valence-corrected chi connectivity index (χ2v) is 10.0. The smallest absolute Gasteiger partial charge is 0.355 e. The van der Waals surface area contributed by atoms with E-state index in [2.05, 4.69) is 5.32 Å². The number of nitrogens with one attached hydrogen (secondary N) is 1. The minimum atomic E-state index is -0.657. The highest BCUT2D eigenvalue weighted by Gasteiger charge is 2.54. The number of carbonyl (C=O) groups excluding carboxylic acids is 3. The second-order valence-electron chi connectivity index (χ2n) is 10.0. The molecule has 7 heteroatoms. The van der Waals surface area contributed by atoms with Crippen LogP contribution >= 0.6 is 0 Å². The number of ether oxygens (including phenoxy) is 2. The van der Waals surface area contributed by atoms with Crippen molar-refractivity contribution in [1.82, 2.24) is 0 Å². The number of anilines is 2. The van der Waals surface area contributed by atoms with E-state index in [4.69, 9.17) is 9.47 Å². The Labute approximate surface area is 199 Å². The van der Waals surface area contributed by atoms with Crippen LogP contribution in [0, 0.1) is 23.2 Å². The van der Waals surface area contributed by atoms with Crippen molar-refractivity contribution >= 4 is 29.2 Å². The van der Waals surface area contributed by atoms with Crippen LogP contribution in [0.2, 0.25) is 0 Å². The quantitative estimate of drug-likeness (QED) is 0.656. The number of esters is 2. The number of benzene rings is 1. The maximum Gasteiger partial charge on any atom is 0.355 e. The van der Waals surface area contributed by atoms with Crippen LogP contribution in [0.3, 0.4) is 0 Å². The first-order chi connectivity index (χ1) is 16.4. The van der Waals surface area contributed by atoms with Crippen LogP contribution in [0.15, 0.2) is 60.0 Å². The summed E-state index contributed by atoms with van der Waals surface area (Å²) in [5.41, 5.74) is 1.30. The van der Waals surface area contributed by atoms with Crippen molar-refractivity contribution in [1.29, 1.82) is 0 Å². The summed E-state index contributed by atoms with van der Waals surface area (Å²) in [6, 6.07) is 7.27. The molecule has 6 rings (SSSR count). The summed E-state index contributed by atoms with van der Waals surface area (Å²) < 4.78 is 9.80. The molecule has 0 radical (unpaired) electrons. The molecule has 1 aliphatic heterocycles. The Bertz CT molecular complexity index is 1060. The zero-order valence-corrected chi connectivity index (χ0v) is 19.6. The van der Waals surface area contributed by atoms with Gasteiger partial charge in [0.25, 0.3) is 0 Å². The van der Waals surface area contributed by atoms with Crippen LogP contribution in [0.5, 0.6) is 0 Å². The number of rotatable bonds is 5. The Kier molecular flexibility index (Phi) is 5.80. The highest BCUT2D eigenvalue weighted by molar-refractivity contribution is 6.05. The molecule has 1 aromatic rings. The average Bonchev–Trinajstić information content (AvgIpc) is 3.06. The Morgan fingerprint density at radius 2 is 1.47 bits per heavy atom. The van der Waals surface area contributed by atoms with E-state index in [1.165, 1.54) is 39.6 Å². The van der Waals surface area contributed by atoms with Crippen molar-refractivity contribution in [3.05, 3.63) is 60.0 Å². The summed E-state index contributed by atoms with van der Waals surface area (Å²) in [6.07, 6.45) is 13.5. The van der Waals surface area contributed by atoms with Crippen molar-refractivity contribution in [2.75, 3.05) is 24.4 Å². The van der Waals surface area contributed by atoms with E-state index in [0.717, 1.165) is 24.9 Å². The molecule has 1 aromatic carbocycles. The summed E-state index contributed by atoms with van der Waals surface area (Å²) in [5.74, 6) is 0.961. The van der Waals surface area contributed by atoms with Crippen molar-refractivity contribution in [3.63, 3.8) is 0 Å². The highest BCUT2D eigenvalue weighted by atomic mass is 16.5. The van der Waals surface area contributed by atoms with E-state index in [9.17, 15) is 14.4 Å². The maximum atomic E-state index is 13.4. The van der Waals surface area contributed by atoms with E-state index in [1.54, 1.807) is 23.3 Å². The van der Waals surface area contributed by atoms with Crippen LogP contribution in [0.4, 0.5) is 11.4 Å². The van der Waals surface area contributed by atoms with E-state index < -0.39 is 11.9 Å². The molecule has 7 nitrogen and oxygen atoms in total. The van der Waals surface area contributed by atoms with E-state index in [0.29, 0.717) is 23.4 Å². The topological polar surface area (TPSA) is 84.9 Å². The highest BCUT2D eigenvalue weighted by Crippen LogP contribution is 2.60. The molecule has 0 atom stereocenters. The number of carbonyl (C=O) groups is 3. The number of nitrogens with zero attached hydrogens (tertiary/aromatic N) is 1. The van der Waals surface area contributed by atoms with Crippen LogP contribution in [-0.4, -0.2) is 32.1 Å². The molecule has 4 saturated carbocycles. The molecule has 178 valence electrons. The van der Waals surface area contributed by atoms with Gasteiger partial charge in [-0.05, 0) is 92.7 Å². The lowest BCUT2D eigenvalue weighted by molar-refractivity contribution is -0.140. The zero-order valence-electron chi connectivity index (χ0n) is 19.6. The van der Waals surface area contributed by atoms with Crippen molar-refractivity contribution < 1.29 is 23.9 Å². The Balaban J connectivity index is 1.38. The SMILES string of the molecule is COC(=O)C1=C(C(=O)OC)N(c2ccc(NC(=O)C34CC5CC(CC(C5)C3)C4)cc2)C=CC=C1. The standard InChI is InChI=1S/C27H30N2O5/c1-33-24(30)22-5-3-4-10-29(23(22)25(31)34-2)21-8-6-20(7-9-21)28-26(32)27-14-17-11-18(15-27)13-19(12-17)16-27/h3-10,17-19H,11-16H2,1-2H3,(H,28,32). The maximum absolute atomic E-state index is 13.4. The molecule has 0 spiro atoms. The van der Waals surface area contributed by atoms with Gasteiger partial charge in [0.2, 0.25) is 5.91 Å². The summed E-state index contributed by atoms with van der Waals surface area (Å²) in [4.78, 5) is 39.9. The van der Waals surface area contributed by atoms with E-state index in [-0.39, 0.29) is 22.6 Å². The van der Waals surface area contributed by atoms with Crippen LogP contribution < -0.4 is 10.2 Å². The molecule has 0 saturated heterocycles. The molecule has 34 heavy (non-hydrogen) atoms. The predicted molar refractivity (Wildman–Crippen MR) is 127 cm³/mol.